The number of rotatable bonds is 5. The fourth-order valence-electron chi connectivity index (χ4n) is 2.34. The van der Waals surface area contributed by atoms with Crippen molar-refractivity contribution in [2.75, 3.05) is 18.5 Å². The van der Waals surface area contributed by atoms with Crippen LogP contribution in [0, 0.1) is 0 Å². The first kappa shape index (κ1) is 13.8. The van der Waals surface area contributed by atoms with E-state index in [9.17, 15) is 0 Å². The van der Waals surface area contributed by atoms with E-state index in [2.05, 4.69) is 24.4 Å². The van der Waals surface area contributed by atoms with Gasteiger partial charge in [0.25, 0.3) is 0 Å². The summed E-state index contributed by atoms with van der Waals surface area (Å²) >= 11 is 6.01. The maximum atomic E-state index is 6.01. The van der Waals surface area contributed by atoms with Crippen molar-refractivity contribution in [2.24, 2.45) is 0 Å². The molecule has 0 spiro atoms. The summed E-state index contributed by atoms with van der Waals surface area (Å²) in [6.45, 7) is 1.85. The lowest BCUT2D eigenvalue weighted by molar-refractivity contribution is 0.636. The number of aromatic nitrogens is 4. The van der Waals surface area contributed by atoms with Crippen molar-refractivity contribution >= 4 is 28.3 Å². The first-order chi connectivity index (χ1) is 10.2. The minimum atomic E-state index is 0.690. The smallest absolute Gasteiger partial charge is 0.139 e. The van der Waals surface area contributed by atoms with Crippen LogP contribution in [-0.2, 0) is 6.54 Å². The summed E-state index contributed by atoms with van der Waals surface area (Å²) in [4.78, 5) is 14.9. The molecule has 0 aliphatic heterocycles. The van der Waals surface area contributed by atoms with Crippen LogP contribution in [0.4, 0.5) is 5.82 Å². The fourth-order valence-corrected chi connectivity index (χ4v) is 2.50. The van der Waals surface area contributed by atoms with Crippen molar-refractivity contribution in [3.05, 3.63) is 48.3 Å². The molecule has 2 heterocycles. The number of halogens is 1. The summed E-state index contributed by atoms with van der Waals surface area (Å²) in [5, 5.41) is 1.71. The van der Waals surface area contributed by atoms with Crippen LogP contribution in [0.25, 0.3) is 10.9 Å². The molecule has 108 valence electrons. The van der Waals surface area contributed by atoms with Gasteiger partial charge in [0.1, 0.15) is 12.1 Å². The Hall–Kier alpha value is -2.14. The molecule has 3 rings (SSSR count). The zero-order chi connectivity index (χ0) is 14.7. The van der Waals surface area contributed by atoms with Gasteiger partial charge in [-0.25, -0.2) is 15.0 Å². The van der Waals surface area contributed by atoms with Crippen LogP contribution in [0.2, 0.25) is 5.02 Å². The van der Waals surface area contributed by atoms with Crippen LogP contribution in [0.15, 0.2) is 43.2 Å². The van der Waals surface area contributed by atoms with E-state index in [0.29, 0.717) is 5.02 Å². The highest BCUT2D eigenvalue weighted by Gasteiger charge is 2.08. The molecule has 5 nitrogen and oxygen atoms in total. The summed E-state index contributed by atoms with van der Waals surface area (Å²) in [7, 11) is 2.05. The Morgan fingerprint density at radius 3 is 3.00 bits per heavy atom. The van der Waals surface area contributed by atoms with Gasteiger partial charge in [0.05, 0.1) is 11.8 Å². The van der Waals surface area contributed by atoms with Gasteiger partial charge in [-0.3, -0.25) is 0 Å². The summed E-state index contributed by atoms with van der Waals surface area (Å²) in [5.41, 5.74) is 0.869. The van der Waals surface area contributed by atoms with Crippen LogP contribution >= 0.6 is 11.6 Å². The maximum absolute atomic E-state index is 6.01. The maximum Gasteiger partial charge on any atom is 0.139 e. The van der Waals surface area contributed by atoms with Crippen molar-refractivity contribution in [1.29, 1.82) is 0 Å². The average molecular weight is 302 g/mol. The van der Waals surface area contributed by atoms with Crippen molar-refractivity contribution in [3.63, 3.8) is 0 Å². The molecule has 0 unspecified atom stereocenters. The predicted molar refractivity (Wildman–Crippen MR) is 84.7 cm³/mol. The van der Waals surface area contributed by atoms with Crippen LogP contribution in [0.3, 0.4) is 0 Å². The van der Waals surface area contributed by atoms with Gasteiger partial charge in [-0.15, -0.1) is 0 Å². The second kappa shape index (κ2) is 6.10. The molecular formula is C15H16ClN5. The number of nitrogens with zero attached hydrogens (tertiary/aromatic N) is 5. The standard InChI is InChI=1S/C15H16ClN5/c1-20(6-2-7-21-8-5-17-11-21)15-13-4-3-12(16)9-14(13)18-10-19-15/h3-5,8-11H,2,6-7H2,1H3. The van der Waals surface area contributed by atoms with E-state index in [0.717, 1.165) is 36.2 Å². The lowest BCUT2D eigenvalue weighted by atomic mass is 10.2. The van der Waals surface area contributed by atoms with Crippen LogP contribution in [0.5, 0.6) is 0 Å². The van der Waals surface area contributed by atoms with Gasteiger partial charge in [-0.05, 0) is 24.6 Å². The molecule has 0 radical (unpaired) electrons. The Morgan fingerprint density at radius 1 is 1.29 bits per heavy atom. The van der Waals surface area contributed by atoms with Gasteiger partial charge in [-0.1, -0.05) is 11.6 Å². The number of imidazole rings is 1. The molecule has 0 bridgehead atoms. The van der Waals surface area contributed by atoms with Crippen LogP contribution < -0.4 is 4.90 Å². The Kier molecular flexibility index (Phi) is 4.01. The predicted octanol–water partition coefficient (Wildman–Crippen LogP) is 3.01. The topological polar surface area (TPSA) is 46.8 Å². The van der Waals surface area contributed by atoms with Gasteiger partial charge in [-0.2, -0.15) is 0 Å². The summed E-state index contributed by atoms with van der Waals surface area (Å²) in [6.07, 6.45) is 8.21. The molecule has 6 heteroatoms. The Labute approximate surface area is 128 Å². The molecule has 0 amide bonds. The Balaban J connectivity index is 1.73. The first-order valence-electron chi connectivity index (χ1n) is 6.81. The van der Waals surface area contributed by atoms with Gasteiger partial charge in [0.15, 0.2) is 0 Å². The molecule has 0 saturated carbocycles. The molecule has 2 aromatic heterocycles. The highest BCUT2D eigenvalue weighted by molar-refractivity contribution is 6.31. The molecule has 0 atom stereocenters. The minimum absolute atomic E-state index is 0.690. The van der Waals surface area contributed by atoms with E-state index in [1.807, 2.05) is 37.8 Å². The molecule has 1 aromatic carbocycles. The van der Waals surface area contributed by atoms with E-state index >= 15 is 0 Å². The monoisotopic (exact) mass is 301 g/mol. The zero-order valence-electron chi connectivity index (χ0n) is 11.8. The van der Waals surface area contributed by atoms with Crippen LogP contribution in [-0.4, -0.2) is 33.1 Å². The third-order valence-electron chi connectivity index (χ3n) is 3.41. The highest BCUT2D eigenvalue weighted by atomic mass is 35.5. The average Bonchev–Trinajstić information content (AvgIpc) is 2.99. The van der Waals surface area contributed by atoms with E-state index in [-0.39, 0.29) is 0 Å². The Morgan fingerprint density at radius 2 is 2.19 bits per heavy atom. The summed E-state index contributed by atoms with van der Waals surface area (Å²) in [5.74, 6) is 0.933. The van der Waals surface area contributed by atoms with E-state index in [1.54, 1.807) is 12.5 Å². The molecule has 0 aliphatic rings. The lowest BCUT2D eigenvalue weighted by Gasteiger charge is -2.19. The van der Waals surface area contributed by atoms with Crippen LogP contribution in [0.1, 0.15) is 6.42 Å². The quantitative estimate of drug-likeness (QED) is 0.727. The van der Waals surface area contributed by atoms with E-state index in [4.69, 9.17) is 11.6 Å². The number of aryl methyl sites for hydroxylation is 1. The van der Waals surface area contributed by atoms with Crippen molar-refractivity contribution in [2.45, 2.75) is 13.0 Å². The van der Waals surface area contributed by atoms with Crippen molar-refractivity contribution in [3.8, 4) is 0 Å². The van der Waals surface area contributed by atoms with Crippen molar-refractivity contribution < 1.29 is 0 Å². The fraction of sp³-hybridized carbons (Fsp3) is 0.267. The largest absolute Gasteiger partial charge is 0.359 e. The molecule has 21 heavy (non-hydrogen) atoms. The highest BCUT2D eigenvalue weighted by Crippen LogP contribution is 2.24. The second-order valence-electron chi connectivity index (χ2n) is 4.93. The summed E-state index contributed by atoms with van der Waals surface area (Å²) < 4.78 is 2.08. The molecule has 0 fully saturated rings. The number of fused-ring (bicyclic) bond motifs is 1. The van der Waals surface area contributed by atoms with Gasteiger partial charge < -0.3 is 9.47 Å². The van der Waals surface area contributed by atoms with Crippen molar-refractivity contribution in [1.82, 2.24) is 19.5 Å². The Bertz CT molecular complexity index is 726. The number of hydrogen-bond donors (Lipinski definition) is 0. The third-order valence-corrected chi connectivity index (χ3v) is 3.64. The molecule has 0 N–H and O–H groups in total. The van der Waals surface area contributed by atoms with Gasteiger partial charge >= 0.3 is 0 Å². The van der Waals surface area contributed by atoms with E-state index in [1.165, 1.54) is 0 Å². The SMILES string of the molecule is CN(CCCn1ccnc1)c1ncnc2cc(Cl)ccc12. The molecular weight excluding hydrogens is 286 g/mol. The number of anilines is 1. The molecule has 0 aliphatic carbocycles. The molecule has 0 saturated heterocycles. The van der Waals surface area contributed by atoms with Gasteiger partial charge in [0, 0.05) is 42.9 Å². The normalized spacial score (nSPS) is 11.0. The third kappa shape index (κ3) is 3.13. The first-order valence-corrected chi connectivity index (χ1v) is 7.19. The van der Waals surface area contributed by atoms with Gasteiger partial charge in [0.2, 0.25) is 0 Å². The zero-order valence-corrected chi connectivity index (χ0v) is 12.5. The molecule has 3 aromatic rings. The lowest BCUT2D eigenvalue weighted by Crippen LogP contribution is -2.21. The van der Waals surface area contributed by atoms with E-state index < -0.39 is 0 Å². The number of hydrogen-bond acceptors (Lipinski definition) is 4. The summed E-state index contributed by atoms with van der Waals surface area (Å²) in [6, 6.07) is 5.71. The second-order valence-corrected chi connectivity index (χ2v) is 5.37. The number of benzene rings is 1. The minimum Gasteiger partial charge on any atom is -0.359 e.